The number of hydrogen-bond donors (Lipinski definition) is 2. The molecule has 3 heteroatoms. The normalized spacial score (nSPS) is 18.9. The minimum absolute atomic E-state index is 0. The first-order valence-electron chi connectivity index (χ1n) is 5.67. The molecule has 1 saturated heterocycles. The monoisotopic (exact) mass is 241 g/mol. The fourth-order valence-electron chi connectivity index (χ4n) is 2.23. The highest BCUT2D eigenvalue weighted by atomic mass is 35.5. The number of hydrogen-bond acceptors (Lipinski definition) is 2. The van der Waals surface area contributed by atoms with Crippen LogP contribution in [-0.2, 0) is 6.42 Å². The van der Waals surface area contributed by atoms with Crippen molar-refractivity contribution >= 4 is 12.4 Å². The number of nitrogens with one attached hydrogen (secondary N) is 1. The summed E-state index contributed by atoms with van der Waals surface area (Å²) < 4.78 is 0. The zero-order valence-electron chi connectivity index (χ0n) is 9.70. The third-order valence-electron chi connectivity index (χ3n) is 3.32. The highest BCUT2D eigenvalue weighted by Gasteiger charge is 2.29. The summed E-state index contributed by atoms with van der Waals surface area (Å²) in [5.74, 6) is 0. The molecule has 0 aromatic heterocycles. The van der Waals surface area contributed by atoms with Crippen LogP contribution in [0.3, 0.4) is 0 Å². The smallest absolute Gasteiger partial charge is 0.0712 e. The van der Waals surface area contributed by atoms with Gasteiger partial charge in [-0.15, -0.1) is 12.4 Å². The molecule has 0 unspecified atom stereocenters. The van der Waals surface area contributed by atoms with Gasteiger partial charge >= 0.3 is 0 Å². The maximum atomic E-state index is 10.4. The van der Waals surface area contributed by atoms with Gasteiger partial charge in [0.25, 0.3) is 0 Å². The third-order valence-corrected chi connectivity index (χ3v) is 3.32. The molecule has 0 saturated carbocycles. The lowest BCUT2D eigenvalue weighted by Gasteiger charge is -2.33. The number of aliphatic hydroxyl groups is 1. The van der Waals surface area contributed by atoms with Crippen LogP contribution in [0, 0.1) is 6.92 Å². The van der Waals surface area contributed by atoms with Crippen molar-refractivity contribution in [1.29, 1.82) is 0 Å². The standard InChI is InChI=1S/C13H19NO.ClH/c1-11-4-2-3-5-12(11)10-13(15)6-8-14-9-7-13;/h2-5,14-15H,6-10H2,1H3;1H. The van der Waals surface area contributed by atoms with Crippen LogP contribution in [0.5, 0.6) is 0 Å². The Morgan fingerprint density at radius 1 is 1.25 bits per heavy atom. The van der Waals surface area contributed by atoms with Crippen LogP contribution < -0.4 is 5.32 Å². The van der Waals surface area contributed by atoms with Crippen molar-refractivity contribution < 1.29 is 5.11 Å². The summed E-state index contributed by atoms with van der Waals surface area (Å²) in [5, 5.41) is 13.7. The molecule has 2 nitrogen and oxygen atoms in total. The Bertz CT molecular complexity index is 334. The van der Waals surface area contributed by atoms with Gasteiger partial charge in [-0.1, -0.05) is 24.3 Å². The zero-order chi connectivity index (χ0) is 10.7. The highest BCUT2D eigenvalue weighted by molar-refractivity contribution is 5.85. The molecule has 0 spiro atoms. The lowest BCUT2D eigenvalue weighted by molar-refractivity contribution is 0.0107. The SMILES string of the molecule is Cc1ccccc1CC1(O)CCNCC1.Cl. The number of aryl methyl sites for hydroxylation is 1. The predicted molar refractivity (Wildman–Crippen MR) is 69.2 cm³/mol. The van der Waals surface area contributed by atoms with E-state index in [1.165, 1.54) is 11.1 Å². The second kappa shape index (κ2) is 5.67. The average molecular weight is 242 g/mol. The molecular formula is C13H20ClNO. The molecule has 2 rings (SSSR count). The summed E-state index contributed by atoms with van der Waals surface area (Å²) in [6.07, 6.45) is 2.52. The molecule has 1 heterocycles. The van der Waals surface area contributed by atoms with Gasteiger partial charge in [0.05, 0.1) is 5.60 Å². The van der Waals surface area contributed by atoms with Gasteiger partial charge in [-0.3, -0.25) is 0 Å². The van der Waals surface area contributed by atoms with Crippen LogP contribution in [-0.4, -0.2) is 23.8 Å². The van der Waals surface area contributed by atoms with E-state index in [9.17, 15) is 5.11 Å². The first-order chi connectivity index (χ1) is 7.20. The maximum Gasteiger partial charge on any atom is 0.0712 e. The van der Waals surface area contributed by atoms with Gasteiger partial charge in [0.1, 0.15) is 0 Å². The van der Waals surface area contributed by atoms with Crippen molar-refractivity contribution in [2.24, 2.45) is 0 Å². The lowest BCUT2D eigenvalue weighted by Crippen LogP contribution is -2.43. The summed E-state index contributed by atoms with van der Waals surface area (Å²) in [5.41, 5.74) is 2.07. The molecule has 0 aliphatic carbocycles. The third kappa shape index (κ3) is 3.21. The maximum absolute atomic E-state index is 10.4. The highest BCUT2D eigenvalue weighted by Crippen LogP contribution is 2.24. The minimum Gasteiger partial charge on any atom is -0.389 e. The molecule has 1 fully saturated rings. The van der Waals surface area contributed by atoms with E-state index in [2.05, 4.69) is 24.4 Å². The molecule has 1 aliphatic rings. The summed E-state index contributed by atoms with van der Waals surface area (Å²) in [7, 11) is 0. The van der Waals surface area contributed by atoms with Crippen molar-refractivity contribution in [3.63, 3.8) is 0 Å². The molecule has 0 amide bonds. The topological polar surface area (TPSA) is 32.3 Å². The van der Waals surface area contributed by atoms with Gasteiger partial charge in [-0.05, 0) is 44.0 Å². The first-order valence-corrected chi connectivity index (χ1v) is 5.67. The quantitative estimate of drug-likeness (QED) is 0.831. The molecule has 1 aliphatic heterocycles. The van der Waals surface area contributed by atoms with Crippen molar-refractivity contribution in [3.8, 4) is 0 Å². The van der Waals surface area contributed by atoms with Crippen LogP contribution in [0.4, 0.5) is 0 Å². The molecule has 90 valence electrons. The van der Waals surface area contributed by atoms with Crippen molar-refractivity contribution in [2.45, 2.75) is 31.8 Å². The predicted octanol–water partition coefficient (Wildman–Crippen LogP) is 2.07. The van der Waals surface area contributed by atoms with Gasteiger partial charge in [0, 0.05) is 6.42 Å². The van der Waals surface area contributed by atoms with E-state index < -0.39 is 5.60 Å². The Labute approximate surface area is 103 Å². The molecule has 16 heavy (non-hydrogen) atoms. The molecule has 1 aromatic carbocycles. The van der Waals surface area contributed by atoms with E-state index in [1.54, 1.807) is 0 Å². The summed E-state index contributed by atoms with van der Waals surface area (Å²) in [4.78, 5) is 0. The largest absolute Gasteiger partial charge is 0.389 e. The van der Waals surface area contributed by atoms with Crippen molar-refractivity contribution in [1.82, 2.24) is 5.32 Å². The Hall–Kier alpha value is -0.570. The van der Waals surface area contributed by atoms with Crippen LogP contribution in [0.15, 0.2) is 24.3 Å². The van der Waals surface area contributed by atoms with E-state index in [0.717, 1.165) is 32.4 Å². The number of benzene rings is 1. The fraction of sp³-hybridized carbons (Fsp3) is 0.538. The van der Waals surface area contributed by atoms with E-state index in [-0.39, 0.29) is 12.4 Å². The summed E-state index contributed by atoms with van der Waals surface area (Å²) >= 11 is 0. The Morgan fingerprint density at radius 2 is 1.88 bits per heavy atom. The van der Waals surface area contributed by atoms with Crippen LogP contribution in [0.2, 0.25) is 0 Å². The second-order valence-electron chi connectivity index (χ2n) is 4.58. The van der Waals surface area contributed by atoms with Gasteiger partial charge in [0.15, 0.2) is 0 Å². The van der Waals surface area contributed by atoms with Gasteiger partial charge in [-0.25, -0.2) is 0 Å². The van der Waals surface area contributed by atoms with Crippen LogP contribution in [0.1, 0.15) is 24.0 Å². The average Bonchev–Trinajstić information content (AvgIpc) is 2.22. The number of rotatable bonds is 2. The van der Waals surface area contributed by atoms with Gasteiger partial charge in [-0.2, -0.15) is 0 Å². The van der Waals surface area contributed by atoms with E-state index in [1.807, 2.05) is 12.1 Å². The first kappa shape index (κ1) is 13.5. The van der Waals surface area contributed by atoms with E-state index >= 15 is 0 Å². The van der Waals surface area contributed by atoms with Crippen LogP contribution >= 0.6 is 12.4 Å². The lowest BCUT2D eigenvalue weighted by atomic mass is 9.85. The van der Waals surface area contributed by atoms with Crippen molar-refractivity contribution in [2.75, 3.05) is 13.1 Å². The molecule has 0 atom stereocenters. The second-order valence-corrected chi connectivity index (χ2v) is 4.58. The molecular weight excluding hydrogens is 222 g/mol. The molecule has 0 bridgehead atoms. The summed E-state index contributed by atoms with van der Waals surface area (Å²) in [6.45, 7) is 3.98. The van der Waals surface area contributed by atoms with Gasteiger partial charge < -0.3 is 10.4 Å². The van der Waals surface area contributed by atoms with Gasteiger partial charge in [0.2, 0.25) is 0 Å². The van der Waals surface area contributed by atoms with E-state index in [4.69, 9.17) is 0 Å². The number of halogens is 1. The summed E-state index contributed by atoms with van der Waals surface area (Å²) in [6, 6.07) is 8.33. The van der Waals surface area contributed by atoms with Crippen molar-refractivity contribution in [3.05, 3.63) is 35.4 Å². The van der Waals surface area contributed by atoms with E-state index in [0.29, 0.717) is 0 Å². The van der Waals surface area contributed by atoms with Crippen LogP contribution in [0.25, 0.3) is 0 Å². The zero-order valence-corrected chi connectivity index (χ0v) is 10.5. The Morgan fingerprint density at radius 3 is 2.50 bits per heavy atom. The Balaban J connectivity index is 0.00000128. The Kier molecular flexibility index (Phi) is 4.78. The molecule has 2 N–H and O–H groups in total. The molecule has 0 radical (unpaired) electrons. The number of piperidine rings is 1. The molecule has 1 aromatic rings. The fourth-order valence-corrected chi connectivity index (χ4v) is 2.23. The minimum atomic E-state index is -0.489.